The van der Waals surface area contributed by atoms with E-state index < -0.39 is 41.3 Å². The summed E-state index contributed by atoms with van der Waals surface area (Å²) in [5.74, 6) is -0.504. The molecular weight excluding hydrogens is 680 g/mol. The predicted octanol–water partition coefficient (Wildman–Crippen LogP) is 6.74. The van der Waals surface area contributed by atoms with E-state index in [-0.39, 0.29) is 59.4 Å². The van der Waals surface area contributed by atoms with Crippen LogP contribution in [-0.2, 0) is 43.3 Å². The van der Waals surface area contributed by atoms with Crippen LogP contribution in [0.2, 0.25) is 0 Å². The highest BCUT2D eigenvalue weighted by Crippen LogP contribution is 2.63. The average molecular weight is 739 g/mol. The van der Waals surface area contributed by atoms with Crippen molar-refractivity contribution in [1.82, 2.24) is 5.43 Å². The van der Waals surface area contributed by atoms with Crippen molar-refractivity contribution in [3.8, 4) is 5.75 Å². The molecule has 0 radical (unpaired) electrons. The lowest BCUT2D eigenvalue weighted by atomic mass is 9.56. The zero-order chi connectivity index (χ0) is 36.9. The van der Waals surface area contributed by atoms with Crippen LogP contribution in [0, 0.1) is 53.3 Å². The fourth-order valence-corrected chi connectivity index (χ4v) is 12.2. The molecule has 2 aliphatic carbocycles. The average Bonchev–Trinajstić information content (AvgIpc) is 3.51. The summed E-state index contributed by atoms with van der Waals surface area (Å²) >= 11 is 0. The molecule has 12 nitrogen and oxygen atoms in total. The van der Waals surface area contributed by atoms with Crippen LogP contribution < -0.4 is 5.43 Å². The molecule has 8 aliphatic heterocycles. The lowest BCUT2D eigenvalue weighted by molar-refractivity contribution is -0.571. The Labute approximate surface area is 312 Å². The van der Waals surface area contributed by atoms with Crippen LogP contribution in [0.1, 0.15) is 111 Å². The Hall–Kier alpha value is -2.16. The summed E-state index contributed by atoms with van der Waals surface area (Å²) in [6.45, 7) is 13.0. The molecule has 2 N–H and O–H groups in total. The number of carbonyl (C=O) groups excluding carboxylic acids is 1. The fraction of sp³-hybridized carbons (Fsp3) is 0.805. The number of phenolic OH excluding ortho intramolecular Hbond substituents is 1. The number of ether oxygens (including phenoxy) is 4. The van der Waals surface area contributed by atoms with Gasteiger partial charge in [-0.1, -0.05) is 39.8 Å². The smallest absolute Gasteiger partial charge is 0.243 e. The van der Waals surface area contributed by atoms with Gasteiger partial charge in [0, 0.05) is 36.2 Å². The molecule has 8 heterocycles. The second-order valence-corrected chi connectivity index (χ2v) is 18.3. The first-order valence-electron chi connectivity index (χ1n) is 20.4. The van der Waals surface area contributed by atoms with Crippen molar-refractivity contribution < 1.29 is 48.4 Å². The van der Waals surface area contributed by atoms with Gasteiger partial charge in [-0.25, -0.2) is 25.0 Å². The third kappa shape index (κ3) is 5.75. The highest BCUT2D eigenvalue weighted by Gasteiger charge is 2.71. The van der Waals surface area contributed by atoms with Gasteiger partial charge < -0.3 is 24.1 Å². The van der Waals surface area contributed by atoms with Crippen LogP contribution in [0.25, 0.3) is 0 Å². The normalized spacial score (nSPS) is 50.5. The van der Waals surface area contributed by atoms with Gasteiger partial charge >= 0.3 is 0 Å². The van der Waals surface area contributed by atoms with E-state index in [1.165, 1.54) is 6.21 Å². The van der Waals surface area contributed by atoms with Gasteiger partial charge in [-0.15, -0.1) is 0 Å². The van der Waals surface area contributed by atoms with Gasteiger partial charge in [0.1, 0.15) is 5.75 Å². The number of nitrogens with one attached hydrogen (secondary N) is 1. The fourth-order valence-electron chi connectivity index (χ4n) is 12.2. The number of nitrogens with zero attached hydrogens (tertiary/aromatic N) is 1. The standard InChI is InChI=1S/C41H58N2O10/c1-22-11-13-30-24(3)33(46-36-40(30)28(22)15-17-38(5,48-36)50-52-40)19-27(35(45)43-42-21-26-9-7-8-10-32(26)44)20-34-25(4)31-14-12-23(2)29-16-18-39(6)49-37(47-34)41(29,31)53-51-39/h7-10,21-25,27-31,33-34,36-37,44H,11-20H2,1-6H3,(H,43,45)/b42-21+/t22-,23-,24-,25-,28+,29+,30+,31+,33-,34-,36-,37-,38+,39+,40-,41-/m1/s1. The molecule has 0 aromatic heterocycles. The Morgan fingerprint density at radius 3 is 1.79 bits per heavy atom. The molecular formula is C41H58N2O10. The van der Waals surface area contributed by atoms with E-state index in [9.17, 15) is 9.90 Å². The van der Waals surface area contributed by atoms with Crippen LogP contribution in [0.15, 0.2) is 29.4 Å². The summed E-state index contributed by atoms with van der Waals surface area (Å²) in [6, 6.07) is 6.91. The number of hydrogen-bond acceptors (Lipinski definition) is 11. The molecule has 1 amide bonds. The molecule has 4 bridgehead atoms. The van der Waals surface area contributed by atoms with Gasteiger partial charge in [-0.05, 0) is 113 Å². The van der Waals surface area contributed by atoms with Gasteiger partial charge in [-0.2, -0.15) is 5.10 Å². The summed E-state index contributed by atoms with van der Waals surface area (Å²) in [6.07, 6.45) is 8.21. The maximum atomic E-state index is 14.4. The number of rotatable bonds is 7. The Bertz CT molecular complexity index is 1510. The highest BCUT2D eigenvalue weighted by atomic mass is 17.3. The summed E-state index contributed by atoms with van der Waals surface area (Å²) < 4.78 is 27.3. The minimum Gasteiger partial charge on any atom is -0.507 e. The van der Waals surface area contributed by atoms with Crippen molar-refractivity contribution in [3.63, 3.8) is 0 Å². The molecule has 0 unspecified atom stereocenters. The first-order chi connectivity index (χ1) is 25.4. The highest BCUT2D eigenvalue weighted by molar-refractivity contribution is 5.85. The maximum absolute atomic E-state index is 14.4. The number of carbonyl (C=O) groups is 1. The molecule has 2 saturated carbocycles. The van der Waals surface area contributed by atoms with Gasteiger partial charge in [0.2, 0.25) is 17.5 Å². The van der Waals surface area contributed by atoms with Gasteiger partial charge in [0.15, 0.2) is 23.8 Å². The Kier molecular flexibility index (Phi) is 9.10. The SMILES string of the molecule is C[C@H]1[C@@H](CC(C[C@H]2O[C@@H]3O[C@]4(C)CC[C@H]5[C@H](C)CC[C@@H]([C@H]2C)[C@@]35OO4)C(=O)N/N=C/c2ccccc2O)O[C@@H]2O[C@]3(C)CC[C@H]4[C@H](C)CC[C@@H]1[C@@]24OO3. The third-order valence-electron chi connectivity index (χ3n) is 15.3. The zero-order valence-corrected chi connectivity index (χ0v) is 32.0. The summed E-state index contributed by atoms with van der Waals surface area (Å²) in [5.41, 5.74) is 1.98. The van der Waals surface area contributed by atoms with Crippen molar-refractivity contribution in [2.45, 2.75) is 153 Å². The number of amides is 1. The number of aromatic hydroxyl groups is 1. The zero-order valence-electron chi connectivity index (χ0n) is 32.0. The van der Waals surface area contributed by atoms with E-state index >= 15 is 0 Å². The summed E-state index contributed by atoms with van der Waals surface area (Å²) in [5, 5.41) is 14.6. The van der Waals surface area contributed by atoms with Crippen molar-refractivity contribution in [3.05, 3.63) is 29.8 Å². The number of phenols is 1. The number of fused-ring (bicyclic) bond motifs is 4. The van der Waals surface area contributed by atoms with Gasteiger partial charge in [0.25, 0.3) is 0 Å². The van der Waals surface area contributed by atoms with Crippen LogP contribution in [-0.4, -0.2) is 64.8 Å². The third-order valence-corrected chi connectivity index (χ3v) is 15.3. The van der Waals surface area contributed by atoms with Crippen molar-refractivity contribution in [2.24, 2.45) is 58.4 Å². The van der Waals surface area contributed by atoms with E-state index in [0.29, 0.717) is 30.2 Å². The van der Waals surface area contributed by atoms with Gasteiger partial charge in [-0.3, -0.25) is 4.79 Å². The van der Waals surface area contributed by atoms with Crippen LogP contribution >= 0.6 is 0 Å². The molecule has 53 heavy (non-hydrogen) atoms. The second-order valence-electron chi connectivity index (χ2n) is 18.3. The van der Waals surface area contributed by atoms with Crippen LogP contribution in [0.5, 0.6) is 5.75 Å². The monoisotopic (exact) mass is 738 g/mol. The van der Waals surface area contributed by atoms with E-state index in [1.807, 2.05) is 19.9 Å². The quantitative estimate of drug-likeness (QED) is 0.176. The second kappa shape index (κ2) is 13.2. The first kappa shape index (κ1) is 36.5. The molecule has 292 valence electrons. The molecule has 8 saturated heterocycles. The number of benzene rings is 1. The molecule has 10 aliphatic rings. The lowest BCUT2D eigenvalue weighted by Crippen LogP contribution is -2.70. The van der Waals surface area contributed by atoms with E-state index in [4.69, 9.17) is 38.5 Å². The van der Waals surface area contributed by atoms with E-state index in [1.54, 1.807) is 18.2 Å². The largest absolute Gasteiger partial charge is 0.507 e. The Morgan fingerprint density at radius 1 is 0.774 bits per heavy atom. The molecule has 16 atom stereocenters. The molecule has 1 aromatic carbocycles. The topological polar surface area (TPSA) is 136 Å². The molecule has 11 rings (SSSR count). The first-order valence-corrected chi connectivity index (χ1v) is 20.4. The Morgan fingerprint density at radius 2 is 1.28 bits per heavy atom. The molecule has 1 aromatic rings. The minimum absolute atomic E-state index is 0.0796. The number of hydrazone groups is 1. The van der Waals surface area contributed by atoms with Gasteiger partial charge in [0.05, 0.1) is 18.4 Å². The van der Waals surface area contributed by atoms with Crippen molar-refractivity contribution >= 4 is 12.1 Å². The van der Waals surface area contributed by atoms with Crippen molar-refractivity contribution in [1.29, 1.82) is 0 Å². The van der Waals surface area contributed by atoms with E-state index in [2.05, 4.69) is 38.2 Å². The molecule has 12 heteroatoms. The summed E-state index contributed by atoms with van der Waals surface area (Å²) in [7, 11) is 0. The van der Waals surface area contributed by atoms with Crippen LogP contribution in [0.3, 0.4) is 0 Å². The Balaban J connectivity index is 1.01. The maximum Gasteiger partial charge on any atom is 0.243 e. The van der Waals surface area contributed by atoms with E-state index in [0.717, 1.165) is 51.4 Å². The number of para-hydroxylation sites is 1. The summed E-state index contributed by atoms with van der Waals surface area (Å²) in [4.78, 5) is 39.3. The molecule has 2 spiro atoms. The molecule has 10 fully saturated rings. The lowest BCUT2D eigenvalue weighted by Gasteiger charge is -2.61. The van der Waals surface area contributed by atoms with Crippen molar-refractivity contribution in [2.75, 3.05) is 0 Å². The van der Waals surface area contributed by atoms with Crippen LogP contribution in [0.4, 0.5) is 0 Å². The minimum atomic E-state index is -0.881. The number of hydrogen-bond donors (Lipinski definition) is 2. The predicted molar refractivity (Wildman–Crippen MR) is 190 cm³/mol.